The summed E-state index contributed by atoms with van der Waals surface area (Å²) in [4.78, 5) is 34.2. The third kappa shape index (κ3) is 7.98. The fourth-order valence-electron chi connectivity index (χ4n) is 2.56. The van der Waals surface area contributed by atoms with Crippen molar-refractivity contribution in [3.05, 3.63) is 12.7 Å². The Morgan fingerprint density at radius 2 is 1.78 bits per heavy atom. The summed E-state index contributed by atoms with van der Waals surface area (Å²) in [5.74, 6) is -3.84. The first kappa shape index (κ1) is 24.9. The van der Waals surface area contributed by atoms with E-state index in [0.29, 0.717) is 13.0 Å². The molecule has 0 aliphatic carbocycles. The van der Waals surface area contributed by atoms with Crippen molar-refractivity contribution in [2.75, 3.05) is 6.54 Å². The van der Waals surface area contributed by atoms with Crippen molar-refractivity contribution in [2.24, 2.45) is 5.92 Å². The smallest absolute Gasteiger partial charge is 0.430 e. The molecule has 2 atom stereocenters. The van der Waals surface area contributed by atoms with E-state index in [2.05, 4.69) is 6.58 Å². The number of carboxylic acid groups (broad SMARTS) is 2. The number of carbonyl (C=O) groups excluding carboxylic acids is 2. The summed E-state index contributed by atoms with van der Waals surface area (Å²) < 4.78 is 31.5. The van der Waals surface area contributed by atoms with Gasteiger partial charge in [-0.1, -0.05) is 20.4 Å². The normalized spacial score (nSPS) is 18.5. The zero-order chi connectivity index (χ0) is 21.6. The molecule has 1 rings (SSSR count). The Morgan fingerprint density at radius 1 is 1.30 bits per heavy atom. The topological polar surface area (TPSA) is 114 Å². The molecule has 156 valence electrons. The average Bonchev–Trinajstić information content (AvgIpc) is 3.01. The number of nitrogens with two attached hydrogens (primary N) is 1. The van der Waals surface area contributed by atoms with E-state index in [4.69, 9.17) is 9.90 Å². The number of nitrogens with zero attached hydrogens (tertiary/aromatic N) is 1. The van der Waals surface area contributed by atoms with Gasteiger partial charge in [0.1, 0.15) is 17.6 Å². The number of halogens is 3. The molecule has 1 aliphatic heterocycles. The molecular weight excluding hydrogens is 369 g/mol. The van der Waals surface area contributed by atoms with Gasteiger partial charge in [0.25, 0.3) is 5.91 Å². The van der Waals surface area contributed by atoms with Crippen molar-refractivity contribution in [2.45, 2.75) is 64.3 Å². The first-order valence-corrected chi connectivity index (χ1v) is 8.45. The van der Waals surface area contributed by atoms with E-state index in [9.17, 15) is 27.9 Å². The van der Waals surface area contributed by atoms with Gasteiger partial charge in [0.05, 0.1) is 0 Å². The molecule has 0 aromatic rings. The summed E-state index contributed by atoms with van der Waals surface area (Å²) in [5, 5.41) is 20.0. The molecule has 27 heavy (non-hydrogen) atoms. The van der Waals surface area contributed by atoms with Crippen LogP contribution in [0.25, 0.3) is 0 Å². The third-order valence-corrected chi connectivity index (χ3v) is 4.19. The number of hydrogen-bond donors (Lipinski definition) is 2. The van der Waals surface area contributed by atoms with Crippen LogP contribution in [0.5, 0.6) is 0 Å². The highest BCUT2D eigenvalue weighted by atomic mass is 19.4. The highest BCUT2D eigenvalue weighted by Crippen LogP contribution is 2.19. The van der Waals surface area contributed by atoms with E-state index >= 15 is 0 Å². The number of quaternary nitrogens is 1. The van der Waals surface area contributed by atoms with Gasteiger partial charge in [-0.05, 0) is 32.8 Å². The quantitative estimate of drug-likeness (QED) is 0.609. The molecule has 1 heterocycles. The zero-order valence-electron chi connectivity index (χ0n) is 15.9. The van der Waals surface area contributed by atoms with Gasteiger partial charge < -0.3 is 25.2 Å². The van der Waals surface area contributed by atoms with Crippen molar-refractivity contribution >= 4 is 17.8 Å². The number of amides is 1. The monoisotopic (exact) mass is 396 g/mol. The lowest BCUT2D eigenvalue weighted by molar-refractivity contribution is -0.734. The number of carboxylic acids is 2. The third-order valence-electron chi connectivity index (χ3n) is 4.19. The van der Waals surface area contributed by atoms with Crippen LogP contribution in [0.3, 0.4) is 0 Å². The molecule has 7 nitrogen and oxygen atoms in total. The van der Waals surface area contributed by atoms with Gasteiger partial charge in [-0.25, -0.2) is 4.79 Å². The molecular formula is C17H27F3N2O5. The van der Waals surface area contributed by atoms with Crippen LogP contribution in [0.2, 0.25) is 0 Å². The van der Waals surface area contributed by atoms with E-state index in [0.717, 1.165) is 6.42 Å². The summed E-state index contributed by atoms with van der Waals surface area (Å²) in [7, 11) is 0. The Balaban J connectivity index is 0.000000821. The Hall–Kier alpha value is -2.10. The average molecular weight is 396 g/mol. The van der Waals surface area contributed by atoms with E-state index in [-0.39, 0.29) is 23.4 Å². The van der Waals surface area contributed by atoms with Gasteiger partial charge in [0.15, 0.2) is 6.04 Å². The van der Waals surface area contributed by atoms with Crippen LogP contribution in [0.1, 0.15) is 40.5 Å². The fraction of sp³-hybridized carbons (Fsp3) is 0.706. The second-order valence-electron chi connectivity index (χ2n) is 7.28. The Labute approximate surface area is 156 Å². The van der Waals surface area contributed by atoms with Crippen LogP contribution in [0.15, 0.2) is 12.7 Å². The van der Waals surface area contributed by atoms with Gasteiger partial charge in [0.2, 0.25) is 0 Å². The Morgan fingerprint density at radius 3 is 2.11 bits per heavy atom. The highest BCUT2D eigenvalue weighted by molar-refractivity contribution is 5.86. The molecule has 0 unspecified atom stereocenters. The summed E-state index contributed by atoms with van der Waals surface area (Å²) >= 11 is 0. The van der Waals surface area contributed by atoms with Crippen molar-refractivity contribution in [3.8, 4) is 0 Å². The van der Waals surface area contributed by atoms with Crippen molar-refractivity contribution in [1.82, 2.24) is 4.90 Å². The number of carbonyl (C=O) groups is 3. The fourth-order valence-corrected chi connectivity index (χ4v) is 2.56. The largest absolute Gasteiger partial charge is 0.542 e. The van der Waals surface area contributed by atoms with Crippen LogP contribution >= 0.6 is 0 Å². The Bertz CT molecular complexity index is 561. The number of alkyl halides is 3. The molecule has 0 radical (unpaired) electrons. The van der Waals surface area contributed by atoms with Crippen molar-refractivity contribution < 1.29 is 43.1 Å². The van der Waals surface area contributed by atoms with Gasteiger partial charge in [0, 0.05) is 12.5 Å². The summed E-state index contributed by atoms with van der Waals surface area (Å²) in [6.07, 6.45) is -2.07. The standard InChI is InChI=1S/C15H26N2O3.C2HF3O2/c1-6-15(4,5)16-12(10(2)3)13(18)17-9-7-8-11(17)14(19)20;3-2(4,5)1(6)7/h6,10-12,16H,1,7-9H2,2-5H3,(H,19,20);(H,6,7)/t11-,12-;/m0./s1. The predicted octanol–water partition coefficient (Wildman–Crippen LogP) is -0.0868. The number of likely N-dealkylation sites (tertiary alicyclic amines) is 1. The zero-order valence-corrected chi connectivity index (χ0v) is 15.9. The van der Waals surface area contributed by atoms with Crippen LogP contribution in [0.4, 0.5) is 13.2 Å². The second-order valence-corrected chi connectivity index (χ2v) is 7.28. The summed E-state index contributed by atoms with van der Waals surface area (Å²) in [6.45, 7) is 12.3. The molecule has 0 spiro atoms. The van der Waals surface area contributed by atoms with Gasteiger partial charge >= 0.3 is 12.1 Å². The first-order chi connectivity index (χ1) is 12.1. The van der Waals surface area contributed by atoms with Crippen LogP contribution in [-0.2, 0) is 14.4 Å². The minimum atomic E-state index is -5.19. The molecule has 0 aromatic heterocycles. The molecule has 3 N–H and O–H groups in total. The number of rotatable bonds is 6. The lowest BCUT2D eigenvalue weighted by Crippen LogP contribution is -3.02. The maximum Gasteiger partial charge on any atom is 0.430 e. The van der Waals surface area contributed by atoms with Crippen LogP contribution in [-0.4, -0.2) is 58.2 Å². The predicted molar refractivity (Wildman–Crippen MR) is 88.3 cm³/mol. The SMILES string of the molecule is C=CC(C)(C)[NH2+][C@H](C(=O)N1CCC[C@H]1C(=O)O)C(C)C.O=C([O-])C(F)(F)F. The molecule has 1 aliphatic rings. The minimum absolute atomic E-state index is 0.0696. The minimum Gasteiger partial charge on any atom is -0.542 e. The Kier molecular flexibility index (Phi) is 8.97. The van der Waals surface area contributed by atoms with Gasteiger partial charge in [-0.2, -0.15) is 13.2 Å². The van der Waals surface area contributed by atoms with Crippen molar-refractivity contribution in [1.29, 1.82) is 0 Å². The molecule has 0 aromatic carbocycles. The molecule has 0 saturated carbocycles. The van der Waals surface area contributed by atoms with Gasteiger partial charge in [-0.15, -0.1) is 0 Å². The molecule has 1 fully saturated rings. The first-order valence-electron chi connectivity index (χ1n) is 8.45. The van der Waals surface area contributed by atoms with Crippen LogP contribution < -0.4 is 10.4 Å². The molecule has 1 amide bonds. The molecule has 10 heteroatoms. The maximum atomic E-state index is 12.7. The van der Waals surface area contributed by atoms with Gasteiger partial charge in [-0.3, -0.25) is 4.79 Å². The van der Waals surface area contributed by atoms with E-state index < -0.39 is 24.2 Å². The summed E-state index contributed by atoms with van der Waals surface area (Å²) in [5.41, 5.74) is -0.247. The number of aliphatic carboxylic acids is 2. The number of hydrogen-bond acceptors (Lipinski definition) is 4. The lowest BCUT2D eigenvalue weighted by atomic mass is 9.97. The van der Waals surface area contributed by atoms with E-state index in [1.54, 1.807) is 0 Å². The second kappa shape index (κ2) is 9.72. The van der Waals surface area contributed by atoms with Crippen LogP contribution in [0, 0.1) is 5.92 Å². The maximum absolute atomic E-state index is 12.7. The molecule has 0 bridgehead atoms. The lowest BCUT2D eigenvalue weighted by Gasteiger charge is -2.31. The highest BCUT2D eigenvalue weighted by Gasteiger charge is 2.41. The van der Waals surface area contributed by atoms with E-state index in [1.165, 1.54) is 4.90 Å². The molecule has 1 saturated heterocycles. The van der Waals surface area contributed by atoms with Crippen molar-refractivity contribution in [3.63, 3.8) is 0 Å². The summed E-state index contributed by atoms with van der Waals surface area (Å²) in [6, 6.07) is -0.938. The van der Waals surface area contributed by atoms with E-state index in [1.807, 2.05) is 39.1 Å².